The van der Waals surface area contributed by atoms with Gasteiger partial charge in [-0.05, 0) is 44.8 Å². The van der Waals surface area contributed by atoms with Crippen molar-refractivity contribution in [2.24, 2.45) is 0 Å². The molecule has 0 aliphatic carbocycles. The molecule has 1 aromatic heterocycles. The Labute approximate surface area is 119 Å². The molecule has 2 rings (SSSR count). The Balaban J connectivity index is 2.26. The van der Waals surface area contributed by atoms with Gasteiger partial charge in [0.05, 0.1) is 23.5 Å². The summed E-state index contributed by atoms with van der Waals surface area (Å²) < 4.78 is 11.8. The van der Waals surface area contributed by atoms with Crippen molar-refractivity contribution in [2.75, 3.05) is 12.3 Å². The predicted octanol–water partition coefficient (Wildman–Crippen LogP) is 1.67. The molecule has 0 amide bonds. The summed E-state index contributed by atoms with van der Waals surface area (Å²) in [5.74, 6) is 0. The second-order valence-electron chi connectivity index (χ2n) is 6.02. The molecule has 0 bridgehead atoms. The van der Waals surface area contributed by atoms with Crippen LogP contribution >= 0.6 is 0 Å². The lowest BCUT2D eigenvalue weighted by Gasteiger charge is -2.32. The molecule has 20 heavy (non-hydrogen) atoms. The lowest BCUT2D eigenvalue weighted by molar-refractivity contribution is 0.00578. The van der Waals surface area contributed by atoms with Crippen molar-refractivity contribution < 1.29 is 14.4 Å². The van der Waals surface area contributed by atoms with Crippen molar-refractivity contribution in [2.45, 2.75) is 38.9 Å². The molecule has 0 aromatic carbocycles. The van der Waals surface area contributed by atoms with Gasteiger partial charge in [0.25, 0.3) is 0 Å². The molecule has 3 N–H and O–H groups in total. The van der Waals surface area contributed by atoms with Crippen LogP contribution in [-0.2, 0) is 9.31 Å². The van der Waals surface area contributed by atoms with Crippen LogP contribution < -0.4 is 5.73 Å². The van der Waals surface area contributed by atoms with Crippen molar-refractivity contribution in [1.82, 2.24) is 4.98 Å². The number of aromatic nitrogens is 1. The summed E-state index contributed by atoms with van der Waals surface area (Å²) in [4.78, 5) is 4.02. The number of rotatable bonds is 3. The highest BCUT2D eigenvalue weighted by molar-refractivity contribution is 6.55. The first-order valence-electron chi connectivity index (χ1n) is 6.63. The van der Waals surface area contributed by atoms with Gasteiger partial charge in [-0.25, -0.2) is 0 Å². The highest BCUT2D eigenvalue weighted by Gasteiger charge is 2.52. The van der Waals surface area contributed by atoms with E-state index < -0.39 is 18.3 Å². The average Bonchev–Trinajstić information content (AvgIpc) is 2.55. The second-order valence-corrected chi connectivity index (χ2v) is 6.02. The summed E-state index contributed by atoms with van der Waals surface area (Å²) in [6.07, 6.45) is 5.05. The molecule has 1 aliphatic rings. The van der Waals surface area contributed by atoms with Gasteiger partial charge < -0.3 is 20.1 Å². The van der Waals surface area contributed by atoms with E-state index in [2.05, 4.69) is 4.98 Å². The van der Waals surface area contributed by atoms with E-state index in [0.29, 0.717) is 11.2 Å². The maximum Gasteiger partial charge on any atom is 0.492 e. The molecule has 1 aromatic rings. The van der Waals surface area contributed by atoms with Crippen LogP contribution in [0.3, 0.4) is 0 Å². The zero-order chi connectivity index (χ0) is 15.0. The summed E-state index contributed by atoms with van der Waals surface area (Å²) in [5, 5.41) is 9.58. The highest BCUT2D eigenvalue weighted by Crippen LogP contribution is 2.38. The smallest absolute Gasteiger partial charge is 0.400 e. The van der Waals surface area contributed by atoms with Crippen LogP contribution in [-0.4, -0.2) is 35.0 Å². The fraction of sp³-hybridized carbons (Fsp3) is 0.500. The van der Waals surface area contributed by atoms with Gasteiger partial charge >= 0.3 is 7.12 Å². The summed E-state index contributed by atoms with van der Waals surface area (Å²) in [5.41, 5.74) is 6.87. The molecule has 5 nitrogen and oxygen atoms in total. The van der Waals surface area contributed by atoms with Crippen molar-refractivity contribution in [3.63, 3.8) is 0 Å². The first-order valence-corrected chi connectivity index (χ1v) is 6.63. The number of hydrogen-bond acceptors (Lipinski definition) is 5. The third-order valence-corrected chi connectivity index (χ3v) is 3.87. The minimum Gasteiger partial charge on any atom is -0.400 e. The zero-order valence-corrected chi connectivity index (χ0v) is 12.4. The van der Waals surface area contributed by atoms with Crippen LogP contribution in [0, 0.1) is 0 Å². The van der Waals surface area contributed by atoms with Gasteiger partial charge in [0, 0.05) is 12.4 Å². The molecule has 0 unspecified atom stereocenters. The summed E-state index contributed by atoms with van der Waals surface area (Å²) in [6, 6.07) is 1.79. The molecule has 0 saturated carbocycles. The molecule has 0 radical (unpaired) electrons. The quantitative estimate of drug-likeness (QED) is 0.821. The number of nitrogens with two attached hydrogens (primary N) is 1. The zero-order valence-electron chi connectivity index (χ0n) is 12.4. The van der Waals surface area contributed by atoms with Crippen LogP contribution in [0.2, 0.25) is 0 Å². The minimum atomic E-state index is -0.563. The van der Waals surface area contributed by atoms with Gasteiger partial charge in [0.1, 0.15) is 0 Å². The summed E-state index contributed by atoms with van der Waals surface area (Å²) >= 11 is 0. The molecule has 0 spiro atoms. The number of anilines is 1. The number of pyridine rings is 1. The maximum atomic E-state index is 9.58. The van der Waals surface area contributed by atoms with Crippen LogP contribution in [0.4, 0.5) is 5.69 Å². The third kappa shape index (κ3) is 2.87. The Kier molecular flexibility index (Phi) is 3.91. The topological polar surface area (TPSA) is 77.6 Å². The number of nitrogen functional groups attached to an aromatic ring is 1. The molecule has 0 atom stereocenters. The van der Waals surface area contributed by atoms with E-state index in [1.807, 2.05) is 27.7 Å². The highest BCUT2D eigenvalue weighted by atomic mass is 16.7. The monoisotopic (exact) mass is 276 g/mol. The van der Waals surface area contributed by atoms with Crippen LogP contribution in [0.5, 0.6) is 0 Å². The molecule has 1 aliphatic heterocycles. The van der Waals surface area contributed by atoms with E-state index in [9.17, 15) is 5.11 Å². The molecule has 108 valence electrons. The molecular formula is C14H21BN2O3. The number of nitrogens with zero attached hydrogens (tertiary/aromatic N) is 1. The molecule has 1 fully saturated rings. The number of aliphatic hydroxyl groups is 1. The van der Waals surface area contributed by atoms with E-state index in [-0.39, 0.29) is 6.61 Å². The fourth-order valence-corrected chi connectivity index (χ4v) is 1.95. The normalized spacial score (nSPS) is 21.2. The van der Waals surface area contributed by atoms with Crippen LogP contribution in [0.15, 0.2) is 23.9 Å². The SMILES string of the molecule is CC1(C)OB(C(=Cc2cncc(N)c2)CO)OC1(C)C. The Hall–Kier alpha value is -1.37. The van der Waals surface area contributed by atoms with Gasteiger partial charge in [-0.1, -0.05) is 6.08 Å². The van der Waals surface area contributed by atoms with Crippen molar-refractivity contribution in [1.29, 1.82) is 0 Å². The lowest BCUT2D eigenvalue weighted by atomic mass is 9.77. The van der Waals surface area contributed by atoms with Gasteiger partial charge in [0.2, 0.25) is 0 Å². The predicted molar refractivity (Wildman–Crippen MR) is 79.8 cm³/mol. The Morgan fingerprint density at radius 3 is 2.40 bits per heavy atom. The van der Waals surface area contributed by atoms with Crippen LogP contribution in [0.25, 0.3) is 6.08 Å². The molecular weight excluding hydrogens is 255 g/mol. The molecule has 1 saturated heterocycles. The second kappa shape index (κ2) is 5.20. The standard InChI is InChI=1S/C14H21BN2O3/c1-13(2)14(3,4)20-15(19-13)11(9-18)5-10-6-12(16)8-17-7-10/h5-8,18H,9,16H2,1-4H3. The van der Waals surface area contributed by atoms with E-state index in [1.165, 1.54) is 0 Å². The largest absolute Gasteiger partial charge is 0.492 e. The van der Waals surface area contributed by atoms with E-state index in [0.717, 1.165) is 5.56 Å². The van der Waals surface area contributed by atoms with Gasteiger partial charge in [-0.15, -0.1) is 0 Å². The van der Waals surface area contributed by atoms with Gasteiger partial charge in [0.15, 0.2) is 0 Å². The first-order chi connectivity index (χ1) is 9.25. The van der Waals surface area contributed by atoms with Crippen molar-refractivity contribution >= 4 is 18.9 Å². The average molecular weight is 276 g/mol. The fourth-order valence-electron chi connectivity index (χ4n) is 1.95. The third-order valence-electron chi connectivity index (χ3n) is 3.87. The minimum absolute atomic E-state index is 0.147. The Bertz CT molecular complexity index is 513. The molecule has 6 heteroatoms. The van der Waals surface area contributed by atoms with Gasteiger partial charge in [-0.3, -0.25) is 4.98 Å². The van der Waals surface area contributed by atoms with E-state index >= 15 is 0 Å². The van der Waals surface area contributed by atoms with Crippen molar-refractivity contribution in [3.8, 4) is 0 Å². The number of hydrogen-bond donors (Lipinski definition) is 2. The van der Waals surface area contributed by atoms with E-state index in [4.69, 9.17) is 15.0 Å². The first kappa shape index (κ1) is 15.0. The van der Waals surface area contributed by atoms with Crippen LogP contribution in [0.1, 0.15) is 33.3 Å². The summed E-state index contributed by atoms with van der Waals surface area (Å²) in [6.45, 7) is 7.76. The maximum absolute atomic E-state index is 9.58. The Morgan fingerprint density at radius 2 is 1.90 bits per heavy atom. The molecule has 2 heterocycles. The summed E-state index contributed by atoms with van der Waals surface area (Å²) in [7, 11) is -0.563. The number of aliphatic hydroxyl groups excluding tert-OH is 1. The lowest BCUT2D eigenvalue weighted by Crippen LogP contribution is -2.41. The van der Waals surface area contributed by atoms with Crippen molar-refractivity contribution in [3.05, 3.63) is 29.5 Å². The van der Waals surface area contributed by atoms with Gasteiger partial charge in [-0.2, -0.15) is 0 Å². The van der Waals surface area contributed by atoms with E-state index in [1.54, 1.807) is 24.5 Å². The Morgan fingerprint density at radius 1 is 1.30 bits per heavy atom.